The van der Waals surface area contributed by atoms with E-state index in [0.29, 0.717) is 6.04 Å². The van der Waals surface area contributed by atoms with Crippen LogP contribution in [0.5, 0.6) is 5.75 Å². The number of rotatable bonds is 6. The third-order valence-electron chi connectivity index (χ3n) is 5.44. The van der Waals surface area contributed by atoms with Crippen LogP contribution in [-0.2, 0) is 0 Å². The fourth-order valence-corrected chi connectivity index (χ4v) is 4.85. The van der Waals surface area contributed by atoms with Crippen molar-refractivity contribution in [3.8, 4) is 5.75 Å². The topological polar surface area (TPSA) is 21.3 Å². The monoisotopic (exact) mass is 351 g/mol. The van der Waals surface area contributed by atoms with Gasteiger partial charge in [-0.05, 0) is 62.1 Å². The second-order valence-electron chi connectivity index (χ2n) is 6.67. The van der Waals surface area contributed by atoms with Crippen molar-refractivity contribution in [1.29, 1.82) is 0 Å². The standard InChI is InChI=1S/C18H26BrNO/c1-3-20-17(10-14-9-12-4-5-13(14)8-12)16-7-6-15(19)11-18(16)21-2/h6-7,11-14,17,20H,3-5,8-10H2,1-2H3. The Kier molecular flexibility index (Phi) is 4.90. The van der Waals surface area contributed by atoms with Gasteiger partial charge in [0.15, 0.2) is 0 Å². The van der Waals surface area contributed by atoms with Crippen molar-refractivity contribution in [3.05, 3.63) is 28.2 Å². The van der Waals surface area contributed by atoms with Gasteiger partial charge in [-0.1, -0.05) is 35.3 Å². The summed E-state index contributed by atoms with van der Waals surface area (Å²) >= 11 is 3.54. The van der Waals surface area contributed by atoms with Gasteiger partial charge in [0.1, 0.15) is 5.75 Å². The minimum absolute atomic E-state index is 0.419. The molecule has 1 aromatic carbocycles. The van der Waals surface area contributed by atoms with Crippen LogP contribution in [-0.4, -0.2) is 13.7 Å². The van der Waals surface area contributed by atoms with Gasteiger partial charge < -0.3 is 10.1 Å². The number of nitrogens with one attached hydrogen (secondary N) is 1. The summed E-state index contributed by atoms with van der Waals surface area (Å²) in [6, 6.07) is 6.84. The van der Waals surface area contributed by atoms with Crippen molar-refractivity contribution < 1.29 is 4.74 Å². The van der Waals surface area contributed by atoms with Crippen LogP contribution in [0.2, 0.25) is 0 Å². The highest BCUT2D eigenvalue weighted by molar-refractivity contribution is 9.10. The van der Waals surface area contributed by atoms with Crippen LogP contribution in [0, 0.1) is 17.8 Å². The summed E-state index contributed by atoms with van der Waals surface area (Å²) in [5.41, 5.74) is 1.31. The lowest BCUT2D eigenvalue weighted by molar-refractivity contribution is 0.277. The lowest BCUT2D eigenvalue weighted by Crippen LogP contribution is -2.25. The Bertz CT molecular complexity index is 490. The van der Waals surface area contributed by atoms with E-state index in [2.05, 4.69) is 46.4 Å². The van der Waals surface area contributed by atoms with Gasteiger partial charge in [-0.15, -0.1) is 0 Å². The number of benzene rings is 1. The molecule has 0 radical (unpaired) electrons. The van der Waals surface area contributed by atoms with Crippen LogP contribution in [0.4, 0.5) is 0 Å². The smallest absolute Gasteiger partial charge is 0.124 e. The molecule has 4 unspecified atom stereocenters. The first-order valence-electron chi connectivity index (χ1n) is 8.28. The summed E-state index contributed by atoms with van der Waals surface area (Å²) in [6.45, 7) is 3.20. The van der Waals surface area contributed by atoms with Gasteiger partial charge in [0.2, 0.25) is 0 Å². The first kappa shape index (κ1) is 15.4. The van der Waals surface area contributed by atoms with Crippen LogP contribution in [0.3, 0.4) is 0 Å². The molecule has 1 N–H and O–H groups in total. The Hall–Kier alpha value is -0.540. The molecule has 21 heavy (non-hydrogen) atoms. The average Bonchev–Trinajstić information content (AvgIpc) is 3.09. The fraction of sp³-hybridized carbons (Fsp3) is 0.667. The van der Waals surface area contributed by atoms with Crippen molar-refractivity contribution in [3.63, 3.8) is 0 Å². The third kappa shape index (κ3) is 3.29. The molecule has 2 saturated carbocycles. The van der Waals surface area contributed by atoms with Gasteiger partial charge in [-0.2, -0.15) is 0 Å². The van der Waals surface area contributed by atoms with Crippen LogP contribution in [0.25, 0.3) is 0 Å². The molecule has 2 bridgehead atoms. The van der Waals surface area contributed by atoms with E-state index in [-0.39, 0.29) is 0 Å². The molecule has 0 aliphatic heterocycles. The number of ether oxygens (including phenoxy) is 1. The predicted octanol–water partition coefficient (Wildman–Crippen LogP) is 4.93. The molecule has 116 valence electrons. The maximum Gasteiger partial charge on any atom is 0.124 e. The van der Waals surface area contributed by atoms with E-state index in [9.17, 15) is 0 Å². The Morgan fingerprint density at radius 2 is 2.19 bits per heavy atom. The molecule has 0 aromatic heterocycles. The molecule has 1 aromatic rings. The second-order valence-corrected chi connectivity index (χ2v) is 7.58. The van der Waals surface area contributed by atoms with Gasteiger partial charge in [0, 0.05) is 16.1 Å². The molecule has 0 heterocycles. The fourth-order valence-electron chi connectivity index (χ4n) is 4.51. The summed E-state index contributed by atoms with van der Waals surface area (Å²) in [7, 11) is 1.77. The maximum absolute atomic E-state index is 5.61. The van der Waals surface area contributed by atoms with E-state index in [4.69, 9.17) is 4.74 Å². The third-order valence-corrected chi connectivity index (χ3v) is 5.94. The van der Waals surface area contributed by atoms with E-state index in [0.717, 1.165) is 34.5 Å². The van der Waals surface area contributed by atoms with Crippen molar-refractivity contribution in [2.75, 3.05) is 13.7 Å². The molecule has 2 aliphatic carbocycles. The Labute approximate surface area is 136 Å². The molecule has 0 spiro atoms. The highest BCUT2D eigenvalue weighted by atomic mass is 79.9. The number of fused-ring (bicyclic) bond motifs is 2. The maximum atomic E-state index is 5.61. The zero-order chi connectivity index (χ0) is 14.8. The number of halogens is 1. The zero-order valence-electron chi connectivity index (χ0n) is 13.1. The molecule has 4 atom stereocenters. The minimum atomic E-state index is 0.419. The van der Waals surface area contributed by atoms with Crippen molar-refractivity contribution in [2.24, 2.45) is 17.8 Å². The van der Waals surface area contributed by atoms with Gasteiger partial charge in [0.05, 0.1) is 7.11 Å². The normalized spacial score (nSPS) is 28.8. The van der Waals surface area contributed by atoms with Crippen molar-refractivity contribution in [1.82, 2.24) is 5.32 Å². The lowest BCUT2D eigenvalue weighted by atomic mass is 9.82. The van der Waals surface area contributed by atoms with Crippen LogP contribution < -0.4 is 10.1 Å². The van der Waals surface area contributed by atoms with Gasteiger partial charge in [-0.3, -0.25) is 0 Å². The van der Waals surface area contributed by atoms with Crippen molar-refractivity contribution in [2.45, 2.75) is 45.1 Å². The summed E-state index contributed by atoms with van der Waals surface area (Å²) in [5, 5.41) is 3.68. The number of hydrogen-bond acceptors (Lipinski definition) is 2. The predicted molar refractivity (Wildman–Crippen MR) is 90.7 cm³/mol. The highest BCUT2D eigenvalue weighted by Crippen LogP contribution is 2.51. The molecule has 0 saturated heterocycles. The van der Waals surface area contributed by atoms with Crippen LogP contribution >= 0.6 is 15.9 Å². The Balaban J connectivity index is 1.77. The largest absolute Gasteiger partial charge is 0.496 e. The van der Waals surface area contributed by atoms with E-state index in [1.807, 2.05) is 0 Å². The van der Waals surface area contributed by atoms with Gasteiger partial charge in [-0.25, -0.2) is 0 Å². The molecular formula is C18H26BrNO. The minimum Gasteiger partial charge on any atom is -0.496 e. The Morgan fingerprint density at radius 3 is 2.81 bits per heavy atom. The SMILES string of the molecule is CCNC(CC1CC2CCC1C2)c1ccc(Br)cc1OC. The number of hydrogen-bond donors (Lipinski definition) is 1. The molecule has 3 heteroatoms. The lowest BCUT2D eigenvalue weighted by Gasteiger charge is -2.28. The van der Waals surface area contributed by atoms with E-state index >= 15 is 0 Å². The summed E-state index contributed by atoms with van der Waals surface area (Å²) in [4.78, 5) is 0. The molecule has 2 aliphatic rings. The van der Waals surface area contributed by atoms with Gasteiger partial charge >= 0.3 is 0 Å². The molecule has 2 fully saturated rings. The summed E-state index contributed by atoms with van der Waals surface area (Å²) in [6.07, 6.45) is 7.14. The number of methoxy groups -OCH3 is 1. The second kappa shape index (κ2) is 6.70. The first-order chi connectivity index (χ1) is 10.2. The highest BCUT2D eigenvalue weighted by Gasteiger charge is 2.40. The molecule has 3 rings (SSSR count). The van der Waals surface area contributed by atoms with Crippen LogP contribution in [0.1, 0.15) is 50.6 Å². The quantitative estimate of drug-likeness (QED) is 0.783. The van der Waals surface area contributed by atoms with E-state index in [1.54, 1.807) is 7.11 Å². The zero-order valence-corrected chi connectivity index (χ0v) is 14.7. The average molecular weight is 352 g/mol. The van der Waals surface area contributed by atoms with E-state index in [1.165, 1.54) is 37.7 Å². The summed E-state index contributed by atoms with van der Waals surface area (Å²) < 4.78 is 6.69. The molecular weight excluding hydrogens is 326 g/mol. The Morgan fingerprint density at radius 1 is 1.33 bits per heavy atom. The first-order valence-corrected chi connectivity index (χ1v) is 9.07. The molecule has 2 nitrogen and oxygen atoms in total. The summed E-state index contributed by atoms with van der Waals surface area (Å²) in [5.74, 6) is 3.91. The molecule has 0 amide bonds. The van der Waals surface area contributed by atoms with E-state index < -0.39 is 0 Å². The van der Waals surface area contributed by atoms with Gasteiger partial charge in [0.25, 0.3) is 0 Å². The van der Waals surface area contributed by atoms with Crippen LogP contribution in [0.15, 0.2) is 22.7 Å². The van der Waals surface area contributed by atoms with Crippen molar-refractivity contribution >= 4 is 15.9 Å².